The van der Waals surface area contributed by atoms with Crippen LogP contribution in [0.4, 0.5) is 5.69 Å². The molecular weight excluding hydrogens is 264 g/mol. The fourth-order valence-electron chi connectivity index (χ4n) is 2.27. The number of anilines is 1. The van der Waals surface area contributed by atoms with Crippen molar-refractivity contribution in [1.82, 2.24) is 15.1 Å². The first kappa shape index (κ1) is 13.8. The molecule has 2 aromatic rings. The molecule has 5 nitrogen and oxygen atoms in total. The van der Waals surface area contributed by atoms with Gasteiger partial charge in [0.2, 0.25) is 0 Å². The highest BCUT2D eigenvalue weighted by atomic mass is 16.2. The summed E-state index contributed by atoms with van der Waals surface area (Å²) in [5.41, 5.74) is 3.43. The molecule has 110 valence electrons. The topological polar surface area (TPSA) is 59.0 Å². The Morgan fingerprint density at radius 3 is 2.62 bits per heavy atom. The van der Waals surface area contributed by atoms with E-state index in [1.807, 2.05) is 31.2 Å². The van der Waals surface area contributed by atoms with Gasteiger partial charge in [0, 0.05) is 25.3 Å². The summed E-state index contributed by atoms with van der Waals surface area (Å²) in [6.45, 7) is 2.76. The third kappa shape index (κ3) is 3.49. The lowest BCUT2D eigenvalue weighted by Crippen LogP contribution is -2.17. The quantitative estimate of drug-likeness (QED) is 0.885. The highest BCUT2D eigenvalue weighted by Crippen LogP contribution is 2.19. The Morgan fingerprint density at radius 2 is 2.05 bits per heavy atom. The Hall–Kier alpha value is -2.14. The van der Waals surface area contributed by atoms with E-state index in [2.05, 4.69) is 15.7 Å². The molecule has 2 N–H and O–H groups in total. The summed E-state index contributed by atoms with van der Waals surface area (Å²) in [6.07, 6.45) is 2.58. The van der Waals surface area contributed by atoms with Crippen molar-refractivity contribution in [3.8, 4) is 0 Å². The van der Waals surface area contributed by atoms with E-state index in [1.165, 1.54) is 18.4 Å². The molecule has 1 amide bonds. The molecule has 1 aromatic carbocycles. The number of carbonyl (C=O) groups excluding carboxylic acids is 1. The van der Waals surface area contributed by atoms with E-state index < -0.39 is 0 Å². The van der Waals surface area contributed by atoms with Crippen LogP contribution in [-0.4, -0.2) is 21.7 Å². The molecule has 1 aliphatic rings. The normalized spacial score (nSPS) is 14.2. The first-order chi connectivity index (χ1) is 10.1. The molecule has 1 aliphatic carbocycles. The van der Waals surface area contributed by atoms with E-state index in [4.69, 9.17) is 0 Å². The third-order valence-electron chi connectivity index (χ3n) is 3.62. The summed E-state index contributed by atoms with van der Waals surface area (Å²) < 4.78 is 1.60. The van der Waals surface area contributed by atoms with Crippen molar-refractivity contribution in [1.29, 1.82) is 0 Å². The molecule has 0 atom stereocenters. The molecule has 0 unspecified atom stereocenters. The van der Waals surface area contributed by atoms with Crippen LogP contribution in [0.3, 0.4) is 0 Å². The fraction of sp³-hybridized carbons (Fsp3) is 0.375. The van der Waals surface area contributed by atoms with E-state index in [0.29, 0.717) is 11.7 Å². The second-order valence-corrected chi connectivity index (χ2v) is 5.60. The molecule has 1 saturated carbocycles. The highest BCUT2D eigenvalue weighted by molar-refractivity contribution is 6.03. The van der Waals surface area contributed by atoms with Gasteiger partial charge in [-0.2, -0.15) is 5.10 Å². The third-order valence-corrected chi connectivity index (χ3v) is 3.62. The molecule has 0 spiro atoms. The molecule has 0 aliphatic heterocycles. The number of aryl methyl sites for hydroxylation is 2. The zero-order chi connectivity index (χ0) is 14.8. The number of nitrogens with zero attached hydrogens (tertiary/aromatic N) is 2. The molecular formula is C16H20N4O. The minimum absolute atomic E-state index is 0.137. The maximum Gasteiger partial charge on any atom is 0.273 e. The average Bonchev–Trinajstić information content (AvgIpc) is 3.22. The SMILES string of the molecule is Cc1cc(C(=O)Nc2ccc(CNC3CC3)cc2)n(C)n1. The van der Waals surface area contributed by atoms with Gasteiger partial charge in [0.05, 0.1) is 5.69 Å². The van der Waals surface area contributed by atoms with Gasteiger partial charge in [-0.15, -0.1) is 0 Å². The summed E-state index contributed by atoms with van der Waals surface area (Å²) in [7, 11) is 1.77. The second-order valence-electron chi connectivity index (χ2n) is 5.60. The number of hydrogen-bond acceptors (Lipinski definition) is 3. The van der Waals surface area contributed by atoms with Crippen molar-refractivity contribution in [2.75, 3.05) is 5.32 Å². The van der Waals surface area contributed by atoms with Crippen LogP contribution in [-0.2, 0) is 13.6 Å². The fourth-order valence-corrected chi connectivity index (χ4v) is 2.27. The summed E-state index contributed by atoms with van der Waals surface area (Å²) >= 11 is 0. The van der Waals surface area contributed by atoms with Gasteiger partial charge in [0.1, 0.15) is 5.69 Å². The number of hydrogen-bond donors (Lipinski definition) is 2. The maximum atomic E-state index is 12.2. The van der Waals surface area contributed by atoms with Crippen LogP contribution in [0, 0.1) is 6.92 Å². The molecule has 1 heterocycles. The molecule has 0 bridgehead atoms. The number of aromatic nitrogens is 2. The van der Waals surface area contributed by atoms with E-state index in [1.54, 1.807) is 17.8 Å². The van der Waals surface area contributed by atoms with Gasteiger partial charge >= 0.3 is 0 Å². The minimum Gasteiger partial charge on any atom is -0.321 e. The van der Waals surface area contributed by atoms with Crippen molar-refractivity contribution in [2.24, 2.45) is 7.05 Å². The molecule has 1 aromatic heterocycles. The van der Waals surface area contributed by atoms with Crippen molar-refractivity contribution in [3.63, 3.8) is 0 Å². The van der Waals surface area contributed by atoms with Crippen LogP contribution in [0.5, 0.6) is 0 Å². The van der Waals surface area contributed by atoms with Gasteiger partial charge in [0.25, 0.3) is 5.91 Å². The second kappa shape index (κ2) is 5.69. The zero-order valence-corrected chi connectivity index (χ0v) is 12.4. The van der Waals surface area contributed by atoms with Gasteiger partial charge in [-0.1, -0.05) is 12.1 Å². The largest absolute Gasteiger partial charge is 0.321 e. The van der Waals surface area contributed by atoms with Crippen LogP contribution < -0.4 is 10.6 Å². The number of benzene rings is 1. The Morgan fingerprint density at radius 1 is 1.33 bits per heavy atom. The smallest absolute Gasteiger partial charge is 0.273 e. The first-order valence-corrected chi connectivity index (χ1v) is 7.26. The van der Waals surface area contributed by atoms with Gasteiger partial charge in [0.15, 0.2) is 0 Å². The standard InChI is InChI=1S/C16H20N4O/c1-11-9-15(20(2)19-11)16(21)18-14-5-3-12(4-6-14)10-17-13-7-8-13/h3-6,9,13,17H,7-8,10H2,1-2H3,(H,18,21). The molecule has 1 fully saturated rings. The highest BCUT2D eigenvalue weighted by Gasteiger charge is 2.19. The average molecular weight is 284 g/mol. The van der Waals surface area contributed by atoms with Crippen LogP contribution in [0.2, 0.25) is 0 Å². The maximum absolute atomic E-state index is 12.2. The summed E-state index contributed by atoms with van der Waals surface area (Å²) in [4.78, 5) is 12.2. The van der Waals surface area contributed by atoms with E-state index in [9.17, 15) is 4.79 Å². The van der Waals surface area contributed by atoms with Crippen LogP contribution >= 0.6 is 0 Å². The van der Waals surface area contributed by atoms with Crippen molar-refractivity contribution in [2.45, 2.75) is 32.4 Å². The van der Waals surface area contributed by atoms with Gasteiger partial charge < -0.3 is 10.6 Å². The van der Waals surface area contributed by atoms with Gasteiger partial charge in [-0.05, 0) is 43.5 Å². The van der Waals surface area contributed by atoms with Crippen LogP contribution in [0.25, 0.3) is 0 Å². The molecule has 0 radical (unpaired) electrons. The molecule has 0 saturated heterocycles. The van der Waals surface area contributed by atoms with E-state index in [0.717, 1.165) is 17.9 Å². The van der Waals surface area contributed by atoms with Crippen molar-refractivity contribution in [3.05, 3.63) is 47.3 Å². The number of amides is 1. The van der Waals surface area contributed by atoms with Crippen LogP contribution in [0.15, 0.2) is 30.3 Å². The lowest BCUT2D eigenvalue weighted by Gasteiger charge is -2.07. The Labute approximate surface area is 124 Å². The number of carbonyl (C=O) groups is 1. The Balaban J connectivity index is 1.61. The Bertz CT molecular complexity index is 641. The lowest BCUT2D eigenvalue weighted by molar-refractivity contribution is 0.101. The Kier molecular flexibility index (Phi) is 3.75. The number of rotatable bonds is 5. The molecule has 3 rings (SSSR count). The number of nitrogens with one attached hydrogen (secondary N) is 2. The first-order valence-electron chi connectivity index (χ1n) is 7.26. The lowest BCUT2D eigenvalue weighted by atomic mass is 10.2. The van der Waals surface area contributed by atoms with Crippen molar-refractivity contribution >= 4 is 11.6 Å². The zero-order valence-electron chi connectivity index (χ0n) is 12.4. The molecule has 5 heteroatoms. The monoisotopic (exact) mass is 284 g/mol. The minimum atomic E-state index is -0.137. The van der Waals surface area contributed by atoms with Gasteiger partial charge in [-0.25, -0.2) is 0 Å². The summed E-state index contributed by atoms with van der Waals surface area (Å²) in [6, 6.07) is 10.4. The van der Waals surface area contributed by atoms with Gasteiger partial charge in [-0.3, -0.25) is 9.48 Å². The van der Waals surface area contributed by atoms with Crippen molar-refractivity contribution < 1.29 is 4.79 Å². The summed E-state index contributed by atoms with van der Waals surface area (Å²) in [5.74, 6) is -0.137. The van der Waals surface area contributed by atoms with E-state index in [-0.39, 0.29) is 5.91 Å². The predicted molar refractivity (Wildman–Crippen MR) is 82.2 cm³/mol. The molecule has 21 heavy (non-hydrogen) atoms. The van der Waals surface area contributed by atoms with Crippen LogP contribution in [0.1, 0.15) is 34.6 Å². The summed E-state index contributed by atoms with van der Waals surface area (Å²) in [5, 5.41) is 10.5. The predicted octanol–water partition coefficient (Wildman–Crippen LogP) is 2.23. The van der Waals surface area contributed by atoms with E-state index >= 15 is 0 Å².